The number of hydrogen-bond donors (Lipinski definition) is 1. The van der Waals surface area contributed by atoms with Gasteiger partial charge in [0, 0.05) is 30.9 Å². The average molecular weight is 264 g/mol. The zero-order valence-electron chi connectivity index (χ0n) is 10.5. The minimum atomic E-state index is 0.334. The molecule has 0 aliphatic carbocycles. The van der Waals surface area contributed by atoms with E-state index in [9.17, 15) is 0 Å². The Labute approximate surface area is 113 Å². The van der Waals surface area contributed by atoms with Crippen LogP contribution in [0.2, 0.25) is 5.02 Å². The third-order valence-corrected chi connectivity index (χ3v) is 3.48. The van der Waals surface area contributed by atoms with Crippen molar-refractivity contribution in [2.24, 2.45) is 12.8 Å². The fourth-order valence-electron chi connectivity index (χ4n) is 2.12. The highest BCUT2D eigenvalue weighted by atomic mass is 35.5. The molecular formula is C14H18ClN3. The molecule has 3 nitrogen and oxygen atoms in total. The zero-order valence-corrected chi connectivity index (χ0v) is 11.3. The number of rotatable bonds is 5. The van der Waals surface area contributed by atoms with E-state index in [4.69, 9.17) is 17.3 Å². The van der Waals surface area contributed by atoms with Gasteiger partial charge in [-0.1, -0.05) is 23.7 Å². The fourth-order valence-corrected chi connectivity index (χ4v) is 2.32. The highest BCUT2D eigenvalue weighted by Gasteiger charge is 2.11. The molecule has 1 heterocycles. The summed E-state index contributed by atoms with van der Waals surface area (Å²) in [7, 11) is 2.01. The van der Waals surface area contributed by atoms with Crippen LogP contribution in [0.25, 0.3) is 0 Å². The lowest BCUT2D eigenvalue weighted by molar-refractivity contribution is 0.608. The van der Waals surface area contributed by atoms with E-state index in [0.29, 0.717) is 12.5 Å². The van der Waals surface area contributed by atoms with Crippen molar-refractivity contribution < 1.29 is 0 Å². The summed E-state index contributed by atoms with van der Waals surface area (Å²) >= 11 is 6.01. The number of imidazole rings is 1. The molecule has 96 valence electrons. The van der Waals surface area contributed by atoms with Crippen molar-refractivity contribution in [2.75, 3.05) is 6.54 Å². The average Bonchev–Trinajstić information content (AvgIpc) is 2.76. The van der Waals surface area contributed by atoms with E-state index in [1.807, 2.05) is 42.2 Å². The maximum atomic E-state index is 6.01. The van der Waals surface area contributed by atoms with Gasteiger partial charge in [-0.25, -0.2) is 4.98 Å². The Morgan fingerprint density at radius 1 is 1.44 bits per heavy atom. The second-order valence-corrected chi connectivity index (χ2v) is 4.92. The molecule has 2 N–H and O–H groups in total. The van der Waals surface area contributed by atoms with Crippen LogP contribution < -0.4 is 5.73 Å². The molecule has 1 atom stereocenters. The molecule has 2 rings (SSSR count). The van der Waals surface area contributed by atoms with Crippen LogP contribution in [0.3, 0.4) is 0 Å². The largest absolute Gasteiger partial charge is 0.338 e. The van der Waals surface area contributed by atoms with Gasteiger partial charge in [-0.15, -0.1) is 0 Å². The van der Waals surface area contributed by atoms with E-state index >= 15 is 0 Å². The standard InChI is InChI=1S/C14H18ClN3/c1-18-8-7-17-14(18)6-5-12(10-16)11-3-2-4-13(15)9-11/h2-4,7-9,12H,5-6,10,16H2,1H3. The Balaban J connectivity index is 2.04. The first-order chi connectivity index (χ1) is 8.70. The second kappa shape index (κ2) is 6.03. The van der Waals surface area contributed by atoms with E-state index in [1.54, 1.807) is 0 Å². The van der Waals surface area contributed by atoms with Crippen LogP contribution in [0.1, 0.15) is 23.7 Å². The Morgan fingerprint density at radius 2 is 2.28 bits per heavy atom. The van der Waals surface area contributed by atoms with Gasteiger partial charge in [0.05, 0.1) is 0 Å². The van der Waals surface area contributed by atoms with Gasteiger partial charge in [-0.3, -0.25) is 0 Å². The zero-order chi connectivity index (χ0) is 13.0. The van der Waals surface area contributed by atoms with Crippen molar-refractivity contribution in [1.29, 1.82) is 0 Å². The van der Waals surface area contributed by atoms with Crippen LogP contribution in [0.4, 0.5) is 0 Å². The summed E-state index contributed by atoms with van der Waals surface area (Å²) in [5, 5.41) is 0.767. The maximum absolute atomic E-state index is 6.01. The summed E-state index contributed by atoms with van der Waals surface area (Å²) in [5.41, 5.74) is 7.07. The predicted octanol–water partition coefficient (Wildman–Crippen LogP) is 2.75. The number of hydrogen-bond acceptors (Lipinski definition) is 2. The molecule has 0 radical (unpaired) electrons. The van der Waals surface area contributed by atoms with Gasteiger partial charge >= 0.3 is 0 Å². The van der Waals surface area contributed by atoms with E-state index < -0.39 is 0 Å². The van der Waals surface area contributed by atoms with Gasteiger partial charge in [0.15, 0.2) is 0 Å². The van der Waals surface area contributed by atoms with Gasteiger partial charge < -0.3 is 10.3 Å². The first-order valence-electron chi connectivity index (χ1n) is 6.12. The fraction of sp³-hybridized carbons (Fsp3) is 0.357. The number of nitrogens with zero attached hydrogens (tertiary/aromatic N) is 2. The van der Waals surface area contributed by atoms with Gasteiger partial charge in [0.1, 0.15) is 5.82 Å². The Morgan fingerprint density at radius 3 is 2.89 bits per heavy atom. The molecule has 0 saturated heterocycles. The molecular weight excluding hydrogens is 246 g/mol. The first-order valence-corrected chi connectivity index (χ1v) is 6.50. The molecule has 1 unspecified atom stereocenters. The summed E-state index contributed by atoms with van der Waals surface area (Å²) in [6, 6.07) is 7.94. The molecule has 0 saturated carbocycles. The van der Waals surface area contributed by atoms with Crippen molar-refractivity contribution in [3.05, 3.63) is 53.1 Å². The molecule has 18 heavy (non-hydrogen) atoms. The topological polar surface area (TPSA) is 43.8 Å². The SMILES string of the molecule is Cn1ccnc1CCC(CN)c1cccc(Cl)c1. The molecule has 1 aromatic carbocycles. The van der Waals surface area contributed by atoms with Crippen LogP contribution in [-0.4, -0.2) is 16.1 Å². The minimum absolute atomic E-state index is 0.334. The van der Waals surface area contributed by atoms with E-state index in [-0.39, 0.29) is 0 Å². The van der Waals surface area contributed by atoms with E-state index in [1.165, 1.54) is 5.56 Å². The predicted molar refractivity (Wildman–Crippen MR) is 74.8 cm³/mol. The summed E-state index contributed by atoms with van der Waals surface area (Å²) in [5.74, 6) is 1.43. The van der Waals surface area contributed by atoms with Gasteiger partial charge in [0.2, 0.25) is 0 Å². The van der Waals surface area contributed by atoms with Crippen molar-refractivity contribution in [3.8, 4) is 0 Å². The lowest BCUT2D eigenvalue weighted by Crippen LogP contribution is -2.14. The van der Waals surface area contributed by atoms with Crippen molar-refractivity contribution in [1.82, 2.24) is 9.55 Å². The van der Waals surface area contributed by atoms with Gasteiger partial charge in [-0.2, -0.15) is 0 Å². The summed E-state index contributed by atoms with van der Waals surface area (Å²) < 4.78 is 2.05. The monoisotopic (exact) mass is 263 g/mol. The van der Waals surface area contributed by atoms with Gasteiger partial charge in [-0.05, 0) is 36.6 Å². The number of benzene rings is 1. The van der Waals surface area contributed by atoms with E-state index in [0.717, 1.165) is 23.7 Å². The first kappa shape index (κ1) is 13.1. The summed E-state index contributed by atoms with van der Waals surface area (Å²) in [6.07, 6.45) is 5.71. The van der Waals surface area contributed by atoms with Crippen LogP contribution >= 0.6 is 11.6 Å². The van der Waals surface area contributed by atoms with Crippen LogP contribution in [0.15, 0.2) is 36.7 Å². The van der Waals surface area contributed by atoms with Crippen LogP contribution in [0.5, 0.6) is 0 Å². The van der Waals surface area contributed by atoms with Crippen LogP contribution in [0, 0.1) is 0 Å². The van der Waals surface area contributed by atoms with Crippen molar-refractivity contribution in [2.45, 2.75) is 18.8 Å². The normalized spacial score (nSPS) is 12.6. The molecule has 2 aromatic rings. The summed E-state index contributed by atoms with van der Waals surface area (Å²) in [6.45, 7) is 0.630. The Kier molecular flexibility index (Phi) is 4.39. The summed E-state index contributed by atoms with van der Waals surface area (Å²) in [4.78, 5) is 4.33. The Bertz CT molecular complexity index is 507. The number of aromatic nitrogens is 2. The number of aryl methyl sites for hydroxylation is 2. The lowest BCUT2D eigenvalue weighted by Gasteiger charge is -2.15. The maximum Gasteiger partial charge on any atom is 0.108 e. The lowest BCUT2D eigenvalue weighted by atomic mass is 9.94. The minimum Gasteiger partial charge on any atom is -0.338 e. The molecule has 0 bridgehead atoms. The van der Waals surface area contributed by atoms with Crippen molar-refractivity contribution >= 4 is 11.6 Å². The number of halogens is 1. The molecule has 0 aliphatic heterocycles. The molecule has 4 heteroatoms. The molecule has 0 spiro atoms. The highest BCUT2D eigenvalue weighted by molar-refractivity contribution is 6.30. The highest BCUT2D eigenvalue weighted by Crippen LogP contribution is 2.23. The smallest absolute Gasteiger partial charge is 0.108 e. The third-order valence-electron chi connectivity index (χ3n) is 3.24. The molecule has 1 aromatic heterocycles. The van der Waals surface area contributed by atoms with Crippen molar-refractivity contribution in [3.63, 3.8) is 0 Å². The van der Waals surface area contributed by atoms with Crippen LogP contribution in [-0.2, 0) is 13.5 Å². The van der Waals surface area contributed by atoms with Gasteiger partial charge in [0.25, 0.3) is 0 Å². The molecule has 0 amide bonds. The Hall–Kier alpha value is -1.32. The van der Waals surface area contributed by atoms with E-state index in [2.05, 4.69) is 11.1 Å². The second-order valence-electron chi connectivity index (χ2n) is 4.48. The molecule has 0 aliphatic rings. The molecule has 0 fully saturated rings. The number of nitrogens with two attached hydrogens (primary N) is 1. The third kappa shape index (κ3) is 3.12. The quantitative estimate of drug-likeness (QED) is 0.902.